The molecule has 0 amide bonds. The Hall–Kier alpha value is -0.770. The van der Waals surface area contributed by atoms with Crippen LogP contribution in [0, 0.1) is 0 Å². The van der Waals surface area contributed by atoms with Crippen molar-refractivity contribution in [3.05, 3.63) is 28.8 Å². The van der Waals surface area contributed by atoms with Crippen LogP contribution in [0.5, 0.6) is 5.75 Å². The maximum atomic E-state index is 6.02. The van der Waals surface area contributed by atoms with Crippen LogP contribution in [0.3, 0.4) is 0 Å². The third-order valence-corrected chi connectivity index (χ3v) is 2.27. The van der Waals surface area contributed by atoms with Gasteiger partial charge in [0.2, 0.25) is 0 Å². The first-order valence-electron chi connectivity index (χ1n) is 3.98. The van der Waals surface area contributed by atoms with E-state index in [-0.39, 0.29) is 6.04 Å². The van der Waals surface area contributed by atoms with Gasteiger partial charge in [-0.3, -0.25) is 0 Å². The molecule has 1 aromatic carbocycles. The summed E-state index contributed by atoms with van der Waals surface area (Å²) in [6, 6.07) is 5.25. The molecule has 0 aliphatic rings. The summed E-state index contributed by atoms with van der Waals surface area (Å²) in [5, 5.41) is 0.544. The fourth-order valence-electron chi connectivity index (χ4n) is 1.10. The molecule has 0 aliphatic heterocycles. The normalized spacial score (nSPS) is 12.6. The van der Waals surface area contributed by atoms with Gasteiger partial charge in [-0.25, -0.2) is 0 Å². The largest absolute Gasteiger partial charge is 0.495 e. The number of halogens is 1. The molecule has 1 unspecified atom stereocenters. The van der Waals surface area contributed by atoms with E-state index in [4.69, 9.17) is 27.8 Å². The van der Waals surface area contributed by atoms with Gasteiger partial charge in [0.05, 0.1) is 12.1 Å². The summed E-state index contributed by atoms with van der Waals surface area (Å²) in [4.78, 5) is 0. The van der Waals surface area contributed by atoms with Gasteiger partial charge >= 0.3 is 0 Å². The summed E-state index contributed by atoms with van der Waals surface area (Å²) in [5.74, 6) is 0.628. The molecule has 0 saturated heterocycles. The molecule has 3 nitrogen and oxygen atoms in total. The number of rotatable bonds is 3. The number of nitrogens with two attached hydrogens (primary N) is 2. The molecule has 0 aromatic heterocycles. The molecule has 0 bridgehead atoms. The fraction of sp³-hybridized carbons (Fsp3) is 0.333. The molecule has 1 atom stereocenters. The highest BCUT2D eigenvalue weighted by molar-refractivity contribution is 6.32. The second-order valence-electron chi connectivity index (χ2n) is 2.71. The van der Waals surface area contributed by atoms with Crippen molar-refractivity contribution < 1.29 is 4.74 Å². The first-order chi connectivity index (χ1) is 6.20. The van der Waals surface area contributed by atoms with Crippen molar-refractivity contribution in [1.29, 1.82) is 0 Å². The third-order valence-electron chi connectivity index (χ3n) is 1.87. The molecule has 0 aliphatic carbocycles. The van der Waals surface area contributed by atoms with Gasteiger partial charge in [0, 0.05) is 12.6 Å². The van der Waals surface area contributed by atoms with E-state index in [1.807, 2.05) is 12.1 Å². The summed E-state index contributed by atoms with van der Waals surface area (Å²) < 4.78 is 5.05. The quantitative estimate of drug-likeness (QED) is 0.774. The van der Waals surface area contributed by atoms with Crippen molar-refractivity contribution in [3.8, 4) is 5.75 Å². The van der Waals surface area contributed by atoms with Crippen LogP contribution in [0.25, 0.3) is 0 Å². The van der Waals surface area contributed by atoms with Gasteiger partial charge in [-0.15, -0.1) is 0 Å². The standard InChI is InChI=1S/C9H13ClN2O/c1-13-8-4-2-3-6(9(8)10)7(12)5-11/h2-4,7H,5,11-12H2,1H3. The zero-order valence-corrected chi connectivity index (χ0v) is 8.21. The average molecular weight is 201 g/mol. The monoisotopic (exact) mass is 200 g/mol. The number of benzene rings is 1. The van der Waals surface area contributed by atoms with Gasteiger partial charge in [-0.2, -0.15) is 0 Å². The summed E-state index contributed by atoms with van der Waals surface area (Å²) >= 11 is 6.02. The number of hydrogen-bond donors (Lipinski definition) is 2. The lowest BCUT2D eigenvalue weighted by Gasteiger charge is -2.13. The van der Waals surface area contributed by atoms with Gasteiger partial charge < -0.3 is 16.2 Å². The maximum Gasteiger partial charge on any atom is 0.137 e. The predicted octanol–water partition coefficient (Wildman–Crippen LogP) is 1.31. The predicted molar refractivity (Wildman–Crippen MR) is 54.0 cm³/mol. The van der Waals surface area contributed by atoms with E-state index in [0.717, 1.165) is 5.56 Å². The molecule has 0 radical (unpaired) electrons. The Morgan fingerprint density at radius 2 is 2.23 bits per heavy atom. The van der Waals surface area contributed by atoms with Crippen molar-refractivity contribution in [3.63, 3.8) is 0 Å². The molecule has 4 N–H and O–H groups in total. The van der Waals surface area contributed by atoms with Gasteiger partial charge in [0.1, 0.15) is 5.75 Å². The smallest absolute Gasteiger partial charge is 0.137 e. The SMILES string of the molecule is COc1cccc(C(N)CN)c1Cl. The fourth-order valence-corrected chi connectivity index (χ4v) is 1.44. The molecule has 0 heterocycles. The molecule has 1 aromatic rings. The van der Waals surface area contributed by atoms with E-state index in [2.05, 4.69) is 0 Å². The lowest BCUT2D eigenvalue weighted by atomic mass is 10.1. The first-order valence-corrected chi connectivity index (χ1v) is 4.36. The Bertz CT molecular complexity index is 291. The number of hydrogen-bond acceptors (Lipinski definition) is 3. The highest BCUT2D eigenvalue weighted by atomic mass is 35.5. The van der Waals surface area contributed by atoms with Gasteiger partial charge in [0.25, 0.3) is 0 Å². The van der Waals surface area contributed by atoms with Crippen LogP contribution in [0.1, 0.15) is 11.6 Å². The Morgan fingerprint density at radius 1 is 1.54 bits per heavy atom. The Morgan fingerprint density at radius 3 is 2.77 bits per heavy atom. The molecule has 0 fully saturated rings. The van der Waals surface area contributed by atoms with Gasteiger partial charge in [-0.1, -0.05) is 23.7 Å². The first kappa shape index (κ1) is 10.3. The molecule has 4 heteroatoms. The van der Waals surface area contributed by atoms with Crippen LogP contribution < -0.4 is 16.2 Å². The minimum absolute atomic E-state index is 0.234. The van der Waals surface area contributed by atoms with E-state index < -0.39 is 0 Å². The van der Waals surface area contributed by atoms with E-state index in [1.54, 1.807) is 13.2 Å². The van der Waals surface area contributed by atoms with Crippen LogP contribution in [0.2, 0.25) is 5.02 Å². The van der Waals surface area contributed by atoms with Crippen LogP contribution in [0.15, 0.2) is 18.2 Å². The molecular weight excluding hydrogens is 188 g/mol. The van der Waals surface area contributed by atoms with E-state index in [1.165, 1.54) is 0 Å². The Kier molecular flexibility index (Phi) is 3.54. The highest BCUT2D eigenvalue weighted by Gasteiger charge is 2.11. The topological polar surface area (TPSA) is 61.3 Å². The van der Waals surface area contributed by atoms with Crippen LogP contribution in [0.4, 0.5) is 0 Å². The van der Waals surface area contributed by atoms with Crippen molar-refractivity contribution >= 4 is 11.6 Å². The lowest BCUT2D eigenvalue weighted by molar-refractivity contribution is 0.414. The molecular formula is C9H13ClN2O. The second kappa shape index (κ2) is 4.46. The van der Waals surface area contributed by atoms with E-state index >= 15 is 0 Å². The summed E-state index contributed by atoms with van der Waals surface area (Å²) in [7, 11) is 1.57. The van der Waals surface area contributed by atoms with Crippen molar-refractivity contribution in [2.75, 3.05) is 13.7 Å². The maximum absolute atomic E-state index is 6.02. The van der Waals surface area contributed by atoms with Crippen LogP contribution in [-0.2, 0) is 0 Å². The molecule has 0 saturated carbocycles. The second-order valence-corrected chi connectivity index (χ2v) is 3.08. The van der Waals surface area contributed by atoms with Crippen molar-refractivity contribution in [1.82, 2.24) is 0 Å². The average Bonchev–Trinajstić information content (AvgIpc) is 2.17. The summed E-state index contributed by atoms with van der Waals surface area (Å²) in [6.07, 6.45) is 0. The van der Waals surface area contributed by atoms with Crippen molar-refractivity contribution in [2.24, 2.45) is 11.5 Å². The van der Waals surface area contributed by atoms with E-state index in [9.17, 15) is 0 Å². The summed E-state index contributed by atoms with van der Waals surface area (Å²) in [6.45, 7) is 0.368. The molecule has 0 spiro atoms. The van der Waals surface area contributed by atoms with Gasteiger partial charge in [-0.05, 0) is 11.6 Å². The van der Waals surface area contributed by atoms with Crippen molar-refractivity contribution in [2.45, 2.75) is 6.04 Å². The zero-order chi connectivity index (χ0) is 9.84. The van der Waals surface area contributed by atoms with Gasteiger partial charge in [0.15, 0.2) is 0 Å². The zero-order valence-electron chi connectivity index (χ0n) is 7.46. The Labute approximate surface area is 82.6 Å². The number of methoxy groups -OCH3 is 1. The Balaban J connectivity index is 3.08. The minimum Gasteiger partial charge on any atom is -0.495 e. The van der Waals surface area contributed by atoms with Crippen LogP contribution in [-0.4, -0.2) is 13.7 Å². The summed E-state index contributed by atoms with van der Waals surface area (Å²) in [5.41, 5.74) is 12.0. The molecule has 1 rings (SSSR count). The minimum atomic E-state index is -0.234. The van der Waals surface area contributed by atoms with E-state index in [0.29, 0.717) is 17.3 Å². The van der Waals surface area contributed by atoms with Crippen LogP contribution >= 0.6 is 11.6 Å². The number of ether oxygens (including phenoxy) is 1. The lowest BCUT2D eigenvalue weighted by Crippen LogP contribution is -2.21. The molecule has 72 valence electrons. The highest BCUT2D eigenvalue weighted by Crippen LogP contribution is 2.30. The molecule has 13 heavy (non-hydrogen) atoms. The third kappa shape index (κ3) is 2.12.